The highest BCUT2D eigenvalue weighted by Gasteiger charge is 2.40. The van der Waals surface area contributed by atoms with Crippen LogP contribution in [-0.4, -0.2) is 22.2 Å². The minimum absolute atomic E-state index is 0.0484. The van der Waals surface area contributed by atoms with Crippen LogP contribution in [0.1, 0.15) is 27.6 Å². The van der Waals surface area contributed by atoms with Crippen molar-refractivity contribution in [1.29, 1.82) is 0 Å². The summed E-state index contributed by atoms with van der Waals surface area (Å²) in [7, 11) is 0. The second-order valence-corrected chi connectivity index (χ2v) is 5.45. The average molecular weight is 313 g/mol. The Hall–Kier alpha value is -3.02. The highest BCUT2D eigenvalue weighted by Crippen LogP contribution is 2.39. The van der Waals surface area contributed by atoms with Crippen molar-refractivity contribution >= 4 is 17.6 Å². The van der Waals surface area contributed by atoms with Crippen molar-refractivity contribution in [2.45, 2.75) is 12.5 Å². The fourth-order valence-electron chi connectivity index (χ4n) is 2.82. The quantitative estimate of drug-likeness (QED) is 0.591. The number of carboxylic acid groups (broad SMARTS) is 1. The van der Waals surface area contributed by atoms with Crippen LogP contribution in [0.25, 0.3) is 0 Å². The maximum absolute atomic E-state index is 12.3. The molecule has 0 aliphatic heterocycles. The number of anilines is 1. The van der Waals surface area contributed by atoms with Crippen molar-refractivity contribution in [3.05, 3.63) is 59.2 Å². The van der Waals surface area contributed by atoms with Crippen LogP contribution in [-0.2, 0) is 16.0 Å². The lowest BCUT2D eigenvalue weighted by molar-refractivity contribution is -0.145. The van der Waals surface area contributed by atoms with Gasteiger partial charge >= 0.3 is 11.9 Å². The van der Waals surface area contributed by atoms with Crippen LogP contribution >= 0.6 is 0 Å². The second kappa shape index (κ2) is 5.64. The van der Waals surface area contributed by atoms with Crippen molar-refractivity contribution in [1.82, 2.24) is 0 Å². The normalized spacial score (nSPS) is 19.1. The molecule has 0 unspecified atom stereocenters. The number of hydrogen-bond acceptors (Lipinski definition) is 5. The number of nitrogens with two attached hydrogens (primary N) is 1. The molecule has 0 amide bonds. The Labute approximate surface area is 132 Å². The molecule has 0 radical (unpaired) electrons. The maximum atomic E-state index is 12.3. The monoisotopic (exact) mass is 313 g/mol. The molecule has 1 aliphatic rings. The molecular weight excluding hydrogens is 298 g/mol. The molecule has 0 aromatic heterocycles. The fraction of sp³-hybridized carbons (Fsp3) is 0.176. The zero-order valence-corrected chi connectivity index (χ0v) is 12.1. The van der Waals surface area contributed by atoms with E-state index in [2.05, 4.69) is 0 Å². The Balaban J connectivity index is 1.90. The first-order valence-corrected chi connectivity index (χ1v) is 7.07. The van der Waals surface area contributed by atoms with E-state index in [0.717, 1.165) is 5.56 Å². The number of carbonyl (C=O) groups excluding carboxylic acids is 1. The summed E-state index contributed by atoms with van der Waals surface area (Å²) in [6.45, 7) is 0. The molecule has 0 spiro atoms. The molecule has 6 nitrogen and oxygen atoms in total. The molecule has 1 aliphatic carbocycles. The predicted molar refractivity (Wildman–Crippen MR) is 81.9 cm³/mol. The van der Waals surface area contributed by atoms with Gasteiger partial charge < -0.3 is 20.7 Å². The van der Waals surface area contributed by atoms with E-state index in [1.54, 1.807) is 12.1 Å². The highest BCUT2D eigenvalue weighted by atomic mass is 16.5. The summed E-state index contributed by atoms with van der Waals surface area (Å²) in [5.74, 6) is -2.95. The predicted octanol–water partition coefficient (Wildman–Crippen LogP) is 2.13. The third-order valence-electron chi connectivity index (χ3n) is 3.96. The van der Waals surface area contributed by atoms with Crippen molar-refractivity contribution in [2.75, 3.05) is 5.73 Å². The van der Waals surface area contributed by atoms with Gasteiger partial charge in [-0.05, 0) is 29.7 Å². The molecule has 2 aromatic rings. The Bertz CT molecular complexity index is 786. The lowest BCUT2D eigenvalue weighted by Gasteiger charge is -2.18. The number of phenols is 1. The van der Waals surface area contributed by atoms with Gasteiger partial charge in [0, 0.05) is 11.8 Å². The molecule has 0 heterocycles. The minimum atomic E-state index is -1.03. The Morgan fingerprint density at radius 1 is 1.17 bits per heavy atom. The minimum Gasteiger partial charge on any atom is -0.507 e. The van der Waals surface area contributed by atoms with Gasteiger partial charge in [0.05, 0.1) is 0 Å². The first kappa shape index (κ1) is 14.9. The van der Waals surface area contributed by atoms with E-state index in [0.29, 0.717) is 17.7 Å². The van der Waals surface area contributed by atoms with Crippen LogP contribution in [0, 0.1) is 5.92 Å². The topological polar surface area (TPSA) is 110 Å². The van der Waals surface area contributed by atoms with Crippen molar-refractivity contribution in [3.8, 4) is 5.75 Å². The van der Waals surface area contributed by atoms with Gasteiger partial charge in [0.1, 0.15) is 23.3 Å². The van der Waals surface area contributed by atoms with Crippen molar-refractivity contribution in [3.63, 3.8) is 0 Å². The van der Waals surface area contributed by atoms with Gasteiger partial charge in [-0.25, -0.2) is 4.79 Å². The number of aromatic hydroxyl groups is 1. The van der Waals surface area contributed by atoms with Gasteiger partial charge in [-0.2, -0.15) is 0 Å². The zero-order chi connectivity index (χ0) is 16.6. The van der Waals surface area contributed by atoms with E-state index in [1.807, 2.05) is 12.1 Å². The SMILES string of the molecule is Nc1ccc(C(=O)O[C@H]2c3ccccc3C[C@@H]2C(=O)O)c(O)c1. The molecule has 4 N–H and O–H groups in total. The lowest BCUT2D eigenvalue weighted by Crippen LogP contribution is -2.23. The molecule has 2 atom stereocenters. The molecule has 23 heavy (non-hydrogen) atoms. The summed E-state index contributed by atoms with van der Waals surface area (Å²) in [5.41, 5.74) is 7.32. The summed E-state index contributed by atoms with van der Waals surface area (Å²) in [6.07, 6.45) is -0.579. The van der Waals surface area contributed by atoms with Crippen molar-refractivity contribution in [2.24, 2.45) is 5.92 Å². The van der Waals surface area contributed by atoms with Crippen molar-refractivity contribution < 1.29 is 24.5 Å². The standard InChI is InChI=1S/C17H15NO5/c18-10-5-6-12(14(19)8-10)17(22)23-15-11-4-2-1-3-9(11)7-13(15)16(20)21/h1-6,8,13,15,19H,7,18H2,(H,20,21)/t13-,15-/m0/s1. The first-order chi connectivity index (χ1) is 11.0. The summed E-state index contributed by atoms with van der Waals surface area (Å²) >= 11 is 0. The van der Waals surface area contributed by atoms with Crippen LogP contribution in [0.3, 0.4) is 0 Å². The number of esters is 1. The number of rotatable bonds is 3. The Morgan fingerprint density at radius 3 is 2.61 bits per heavy atom. The first-order valence-electron chi connectivity index (χ1n) is 7.07. The van der Waals surface area contributed by atoms with E-state index in [4.69, 9.17) is 10.5 Å². The van der Waals surface area contributed by atoms with E-state index < -0.39 is 24.0 Å². The molecule has 3 rings (SSSR count). The van der Waals surface area contributed by atoms with Gasteiger partial charge in [-0.1, -0.05) is 24.3 Å². The second-order valence-electron chi connectivity index (χ2n) is 5.45. The van der Waals surface area contributed by atoms with Gasteiger partial charge in [-0.3, -0.25) is 4.79 Å². The summed E-state index contributed by atoms with van der Waals surface area (Å²) in [4.78, 5) is 23.7. The van der Waals surface area contributed by atoms with Crippen LogP contribution in [0.4, 0.5) is 5.69 Å². The molecule has 0 bridgehead atoms. The average Bonchev–Trinajstić information content (AvgIpc) is 2.86. The number of phenolic OH excluding ortho intramolecular Hbond substituents is 1. The smallest absolute Gasteiger partial charge is 0.342 e. The molecule has 118 valence electrons. The van der Waals surface area contributed by atoms with Gasteiger partial charge in [-0.15, -0.1) is 0 Å². The zero-order valence-electron chi connectivity index (χ0n) is 12.1. The Kier molecular flexibility index (Phi) is 3.65. The molecule has 6 heteroatoms. The number of ether oxygens (including phenoxy) is 1. The van der Waals surface area contributed by atoms with Crippen LogP contribution in [0.2, 0.25) is 0 Å². The largest absolute Gasteiger partial charge is 0.507 e. The number of hydrogen-bond donors (Lipinski definition) is 3. The summed E-state index contributed by atoms with van der Waals surface area (Å²) in [6, 6.07) is 11.2. The van der Waals surface area contributed by atoms with Crippen LogP contribution in [0.15, 0.2) is 42.5 Å². The molecule has 0 saturated heterocycles. The van der Waals surface area contributed by atoms with E-state index >= 15 is 0 Å². The van der Waals surface area contributed by atoms with E-state index in [1.165, 1.54) is 18.2 Å². The number of carbonyl (C=O) groups is 2. The maximum Gasteiger partial charge on any atom is 0.342 e. The molecule has 0 saturated carbocycles. The van der Waals surface area contributed by atoms with Gasteiger partial charge in [0.25, 0.3) is 0 Å². The third-order valence-corrected chi connectivity index (χ3v) is 3.96. The molecule has 2 aromatic carbocycles. The van der Waals surface area contributed by atoms with E-state index in [-0.39, 0.29) is 11.3 Å². The summed E-state index contributed by atoms with van der Waals surface area (Å²) < 4.78 is 5.40. The molecular formula is C17H15NO5. The summed E-state index contributed by atoms with van der Waals surface area (Å²) in [5, 5.41) is 19.2. The lowest BCUT2D eigenvalue weighted by atomic mass is 10.0. The number of carboxylic acids is 1. The molecule has 0 fully saturated rings. The van der Waals surface area contributed by atoms with E-state index in [9.17, 15) is 19.8 Å². The van der Waals surface area contributed by atoms with Crippen LogP contribution in [0.5, 0.6) is 5.75 Å². The highest BCUT2D eigenvalue weighted by molar-refractivity contribution is 5.93. The fourth-order valence-corrected chi connectivity index (χ4v) is 2.82. The Morgan fingerprint density at radius 2 is 1.91 bits per heavy atom. The van der Waals surface area contributed by atoms with Gasteiger partial charge in [0.2, 0.25) is 0 Å². The van der Waals surface area contributed by atoms with Gasteiger partial charge in [0.15, 0.2) is 0 Å². The van der Waals surface area contributed by atoms with Crippen LogP contribution < -0.4 is 5.73 Å². The number of benzene rings is 2. The third kappa shape index (κ3) is 2.70. The number of nitrogen functional groups attached to an aromatic ring is 1. The number of aliphatic carboxylic acids is 1. The number of fused-ring (bicyclic) bond motifs is 1.